The van der Waals surface area contributed by atoms with Crippen LogP contribution >= 0.6 is 0 Å². The molecule has 2 aromatic rings. The largest absolute Gasteiger partial charge is 0.495 e. The van der Waals surface area contributed by atoms with Crippen LogP contribution in [0.5, 0.6) is 5.75 Å². The van der Waals surface area contributed by atoms with Crippen LogP contribution in [0.25, 0.3) is 0 Å². The summed E-state index contributed by atoms with van der Waals surface area (Å²) in [5, 5.41) is 2.92. The molecule has 0 unspecified atom stereocenters. The molecule has 1 heterocycles. The Hall–Kier alpha value is -2.82. The molecule has 1 N–H and O–H groups in total. The maximum atomic E-state index is 12.6. The van der Waals surface area contributed by atoms with E-state index in [1.54, 1.807) is 12.0 Å². The van der Waals surface area contributed by atoms with E-state index in [2.05, 4.69) is 5.32 Å². The number of hydrogen-bond donors (Lipinski definition) is 1. The number of amides is 2. The van der Waals surface area contributed by atoms with Gasteiger partial charge in [-0.05, 0) is 49.2 Å². The van der Waals surface area contributed by atoms with Crippen LogP contribution in [-0.4, -0.2) is 25.5 Å². The summed E-state index contributed by atoms with van der Waals surface area (Å²) < 4.78 is 5.33. The fourth-order valence-electron chi connectivity index (χ4n) is 3.03. The summed E-state index contributed by atoms with van der Waals surface area (Å²) in [5.41, 5.74) is 3.76. The first-order valence-electron chi connectivity index (χ1n) is 8.31. The number of aryl methyl sites for hydroxylation is 2. The average Bonchev–Trinajstić information content (AvgIpc) is 3.00. The molecule has 2 amide bonds. The zero-order valence-electron chi connectivity index (χ0n) is 14.7. The van der Waals surface area contributed by atoms with Crippen LogP contribution < -0.4 is 15.0 Å². The molecule has 0 aromatic heterocycles. The maximum Gasteiger partial charge on any atom is 0.229 e. The Morgan fingerprint density at radius 3 is 2.64 bits per heavy atom. The molecule has 0 bridgehead atoms. The van der Waals surface area contributed by atoms with E-state index in [0.717, 1.165) is 11.3 Å². The topological polar surface area (TPSA) is 58.6 Å². The first kappa shape index (κ1) is 17.0. The van der Waals surface area contributed by atoms with Gasteiger partial charge in [-0.2, -0.15) is 0 Å². The number of nitrogens with zero attached hydrogens (tertiary/aromatic N) is 1. The van der Waals surface area contributed by atoms with Gasteiger partial charge in [0.2, 0.25) is 11.8 Å². The first-order chi connectivity index (χ1) is 12.0. The van der Waals surface area contributed by atoms with E-state index in [-0.39, 0.29) is 24.2 Å². The lowest BCUT2D eigenvalue weighted by Crippen LogP contribution is -2.28. The highest BCUT2D eigenvalue weighted by molar-refractivity contribution is 6.04. The molecule has 130 valence electrons. The second-order valence-electron chi connectivity index (χ2n) is 6.37. The van der Waals surface area contributed by atoms with E-state index in [1.165, 1.54) is 5.56 Å². The summed E-state index contributed by atoms with van der Waals surface area (Å²) in [6.45, 7) is 4.39. The molecule has 0 aliphatic carbocycles. The highest BCUT2D eigenvalue weighted by Crippen LogP contribution is 2.33. The molecule has 1 aliphatic rings. The zero-order valence-corrected chi connectivity index (χ0v) is 14.7. The summed E-state index contributed by atoms with van der Waals surface area (Å²) in [6, 6.07) is 13.2. The van der Waals surface area contributed by atoms with Crippen molar-refractivity contribution < 1.29 is 14.3 Å². The second-order valence-corrected chi connectivity index (χ2v) is 6.37. The molecule has 1 atom stereocenters. The van der Waals surface area contributed by atoms with Gasteiger partial charge in [0.1, 0.15) is 5.75 Å². The van der Waals surface area contributed by atoms with Gasteiger partial charge < -0.3 is 15.0 Å². The van der Waals surface area contributed by atoms with Gasteiger partial charge in [-0.3, -0.25) is 9.59 Å². The molecular formula is C20H22N2O3. The predicted octanol–water partition coefficient (Wildman–Crippen LogP) is 3.30. The van der Waals surface area contributed by atoms with Gasteiger partial charge in [0, 0.05) is 18.7 Å². The van der Waals surface area contributed by atoms with Crippen LogP contribution in [0.4, 0.5) is 11.4 Å². The quantitative estimate of drug-likeness (QED) is 0.930. The Kier molecular flexibility index (Phi) is 4.74. The zero-order chi connectivity index (χ0) is 18.0. The van der Waals surface area contributed by atoms with E-state index in [9.17, 15) is 9.59 Å². The van der Waals surface area contributed by atoms with Crippen LogP contribution in [0.1, 0.15) is 17.5 Å². The lowest BCUT2D eigenvalue weighted by molar-refractivity contribution is -0.122. The summed E-state index contributed by atoms with van der Waals surface area (Å²) in [5.74, 6) is 0.0591. The number of ether oxygens (including phenoxy) is 1. The number of nitrogens with one attached hydrogen (secondary N) is 1. The SMILES string of the molecule is COc1ccccc1N1C[C@@H](C(=O)Nc2ccc(C)c(C)c2)CC1=O. The number of carbonyl (C=O) groups excluding carboxylic acids is 2. The van der Waals surface area contributed by atoms with Gasteiger partial charge in [-0.25, -0.2) is 0 Å². The van der Waals surface area contributed by atoms with Crippen molar-refractivity contribution in [2.75, 3.05) is 23.9 Å². The van der Waals surface area contributed by atoms with E-state index in [4.69, 9.17) is 4.74 Å². The molecule has 1 saturated heterocycles. The highest BCUT2D eigenvalue weighted by atomic mass is 16.5. The van der Waals surface area contributed by atoms with Crippen molar-refractivity contribution in [3.8, 4) is 5.75 Å². The minimum absolute atomic E-state index is 0.0651. The van der Waals surface area contributed by atoms with Crippen LogP contribution in [0, 0.1) is 19.8 Å². The number of anilines is 2. The Balaban J connectivity index is 1.73. The van der Waals surface area contributed by atoms with Crippen LogP contribution in [-0.2, 0) is 9.59 Å². The summed E-state index contributed by atoms with van der Waals surface area (Å²) in [4.78, 5) is 26.6. The molecule has 5 nitrogen and oxygen atoms in total. The Morgan fingerprint density at radius 1 is 1.16 bits per heavy atom. The monoisotopic (exact) mass is 338 g/mol. The third-order valence-corrected chi connectivity index (χ3v) is 4.65. The minimum atomic E-state index is -0.376. The number of carbonyl (C=O) groups is 2. The van der Waals surface area contributed by atoms with Crippen molar-refractivity contribution >= 4 is 23.2 Å². The maximum absolute atomic E-state index is 12.6. The van der Waals surface area contributed by atoms with Crippen molar-refractivity contribution in [3.63, 3.8) is 0 Å². The summed E-state index contributed by atoms with van der Waals surface area (Å²) in [7, 11) is 1.57. The summed E-state index contributed by atoms with van der Waals surface area (Å²) in [6.07, 6.45) is 0.203. The average molecular weight is 338 g/mol. The standard InChI is InChI=1S/C20H22N2O3/c1-13-8-9-16(10-14(13)2)21-20(24)15-11-19(23)22(12-15)17-6-4-5-7-18(17)25-3/h4-10,15H,11-12H2,1-3H3,(H,21,24)/t15-/m0/s1. The van der Waals surface area contributed by atoms with E-state index >= 15 is 0 Å². The molecule has 0 radical (unpaired) electrons. The van der Waals surface area contributed by atoms with Gasteiger partial charge >= 0.3 is 0 Å². The lowest BCUT2D eigenvalue weighted by atomic mass is 10.1. The fourth-order valence-corrected chi connectivity index (χ4v) is 3.03. The van der Waals surface area contributed by atoms with Gasteiger partial charge in [-0.1, -0.05) is 18.2 Å². The molecule has 1 aliphatic heterocycles. The number of hydrogen-bond acceptors (Lipinski definition) is 3. The number of para-hydroxylation sites is 2. The number of methoxy groups -OCH3 is 1. The van der Waals surface area contributed by atoms with Gasteiger partial charge in [0.15, 0.2) is 0 Å². The van der Waals surface area contributed by atoms with Gasteiger partial charge in [0.05, 0.1) is 18.7 Å². The lowest BCUT2D eigenvalue weighted by Gasteiger charge is -2.19. The fraction of sp³-hybridized carbons (Fsp3) is 0.300. The summed E-state index contributed by atoms with van der Waals surface area (Å²) >= 11 is 0. The third-order valence-electron chi connectivity index (χ3n) is 4.65. The minimum Gasteiger partial charge on any atom is -0.495 e. The van der Waals surface area contributed by atoms with E-state index in [0.29, 0.717) is 18.0 Å². The van der Waals surface area contributed by atoms with Gasteiger partial charge in [0.25, 0.3) is 0 Å². The third kappa shape index (κ3) is 3.50. The molecule has 1 fully saturated rings. The molecule has 5 heteroatoms. The van der Waals surface area contributed by atoms with Crippen LogP contribution in [0.15, 0.2) is 42.5 Å². The van der Waals surface area contributed by atoms with Gasteiger partial charge in [-0.15, -0.1) is 0 Å². The Bertz CT molecular complexity index is 816. The first-order valence-corrected chi connectivity index (χ1v) is 8.31. The smallest absolute Gasteiger partial charge is 0.229 e. The van der Waals surface area contributed by atoms with Crippen molar-refractivity contribution in [2.45, 2.75) is 20.3 Å². The molecule has 3 rings (SSSR count). The van der Waals surface area contributed by atoms with Crippen molar-refractivity contribution in [2.24, 2.45) is 5.92 Å². The van der Waals surface area contributed by atoms with Crippen molar-refractivity contribution in [1.29, 1.82) is 0 Å². The second kappa shape index (κ2) is 6.97. The Morgan fingerprint density at radius 2 is 1.92 bits per heavy atom. The Labute approximate surface area is 147 Å². The van der Waals surface area contributed by atoms with Crippen LogP contribution in [0.3, 0.4) is 0 Å². The molecule has 0 spiro atoms. The van der Waals surface area contributed by atoms with E-state index < -0.39 is 0 Å². The number of benzene rings is 2. The highest BCUT2D eigenvalue weighted by Gasteiger charge is 2.36. The molecule has 2 aromatic carbocycles. The molecule has 0 saturated carbocycles. The van der Waals surface area contributed by atoms with Crippen molar-refractivity contribution in [1.82, 2.24) is 0 Å². The number of rotatable bonds is 4. The van der Waals surface area contributed by atoms with E-state index in [1.807, 2.05) is 56.3 Å². The predicted molar refractivity (Wildman–Crippen MR) is 98.0 cm³/mol. The van der Waals surface area contributed by atoms with Crippen LogP contribution in [0.2, 0.25) is 0 Å². The van der Waals surface area contributed by atoms with Crippen molar-refractivity contribution in [3.05, 3.63) is 53.6 Å². The normalized spacial score (nSPS) is 16.8. The molecule has 25 heavy (non-hydrogen) atoms. The molecular weight excluding hydrogens is 316 g/mol.